The van der Waals surface area contributed by atoms with Crippen LogP contribution in [-0.2, 0) is 40.6 Å². The van der Waals surface area contributed by atoms with Crippen molar-refractivity contribution >= 4 is 6.88 Å². The first-order valence-corrected chi connectivity index (χ1v) is 16.6. The van der Waals surface area contributed by atoms with E-state index >= 15 is 0 Å². The number of aryl methyl sites for hydroxylation is 2. The summed E-state index contributed by atoms with van der Waals surface area (Å²) in [5.41, 5.74) is 11.6. The topological polar surface area (TPSA) is 0 Å². The maximum absolute atomic E-state index is 3.69. The smallest absolute Gasteiger partial charge is 0.172 e. The van der Waals surface area contributed by atoms with Crippen LogP contribution in [0.5, 0.6) is 0 Å². The third-order valence-corrected chi connectivity index (χ3v) is 5.64. The van der Waals surface area contributed by atoms with Crippen LogP contribution in [0, 0.1) is 19.9 Å². The molecule has 0 bridgehead atoms. The van der Waals surface area contributed by atoms with Crippen molar-refractivity contribution in [2.75, 3.05) is 0 Å². The summed E-state index contributed by atoms with van der Waals surface area (Å²) >= 11 is 1.58. The molecule has 0 aromatic heterocycles. The Hall–Kier alpha value is -0.530. The quantitative estimate of drug-likeness (QED) is 0.220. The first kappa shape index (κ1) is 31.5. The molecule has 172 valence electrons. The van der Waals surface area contributed by atoms with Crippen molar-refractivity contribution in [3.05, 3.63) is 88.0 Å². The van der Waals surface area contributed by atoms with Gasteiger partial charge in [0.2, 0.25) is 0 Å². The van der Waals surface area contributed by atoms with Gasteiger partial charge in [-0.05, 0) is 35.4 Å². The van der Waals surface area contributed by atoms with Gasteiger partial charge >= 0.3 is 30.2 Å². The molecule has 3 aromatic rings. The molecule has 0 amide bonds. The van der Waals surface area contributed by atoms with E-state index in [1.54, 1.807) is 23.3 Å². The molecule has 0 aliphatic heterocycles. The van der Waals surface area contributed by atoms with Crippen LogP contribution in [0.4, 0.5) is 0 Å². The Morgan fingerprint density at radius 3 is 1.75 bits per heavy atom. The summed E-state index contributed by atoms with van der Waals surface area (Å²) in [6.45, 7) is 20.2. The molecule has 0 fully saturated rings. The summed E-state index contributed by atoms with van der Waals surface area (Å²) in [7, 11) is 0. The van der Waals surface area contributed by atoms with Crippen molar-refractivity contribution in [1.29, 1.82) is 0 Å². The standard InChI is InChI=1S/C23H29.C5H5.2ClH.H2Si.Zr/c1-14-9-16-11-17-10-15(2)21(23(6,7)8)13-19(17)18(16)12-20(14)22(3,4)5;1-2-4-5-3-1;;;;/h9,12-13H,11H2,1-8H3;1-5H;2*1H;1H2;/q2*-1;;;;+2/p-2. The second-order valence-electron chi connectivity index (χ2n) is 10.2. The summed E-state index contributed by atoms with van der Waals surface area (Å²) in [5.74, 6) is 0. The molecule has 0 saturated carbocycles. The van der Waals surface area contributed by atoms with Crippen LogP contribution in [0.15, 0.2) is 48.5 Å². The average Bonchev–Trinajstić information content (AvgIpc) is 3.31. The Morgan fingerprint density at radius 2 is 1.31 bits per heavy atom. The van der Waals surface area contributed by atoms with E-state index in [1.807, 2.05) is 37.2 Å². The van der Waals surface area contributed by atoms with E-state index in [2.05, 4.69) is 79.7 Å². The van der Waals surface area contributed by atoms with Crippen LogP contribution >= 0.6 is 0 Å². The predicted octanol–water partition coefficient (Wildman–Crippen LogP) is 0.765. The van der Waals surface area contributed by atoms with Gasteiger partial charge in [-0.1, -0.05) is 71.6 Å². The van der Waals surface area contributed by atoms with Gasteiger partial charge in [0.1, 0.15) is 0 Å². The van der Waals surface area contributed by atoms with Gasteiger partial charge in [-0.3, -0.25) is 0 Å². The van der Waals surface area contributed by atoms with Crippen molar-refractivity contribution in [2.24, 2.45) is 0 Å². The van der Waals surface area contributed by atoms with Gasteiger partial charge in [-0.2, -0.15) is 35.9 Å². The first-order chi connectivity index (χ1) is 14.0. The van der Waals surface area contributed by atoms with E-state index < -0.39 is 0 Å². The van der Waals surface area contributed by atoms with Gasteiger partial charge in [-0.15, -0.1) is 16.7 Å². The van der Waals surface area contributed by atoms with E-state index in [1.165, 1.54) is 44.5 Å². The molecule has 0 nitrogen and oxygen atoms in total. The SMILES string of the molecule is Cc1[c-]c2c(cc1C(C)(C)C)-c1cc(C(C)(C)C)c(C)cc1C2.[Cl-].[Cl-].[SiH2]=[Zr+2].c1cc[cH-]c1. The van der Waals surface area contributed by atoms with Crippen LogP contribution in [0.1, 0.15) is 74.9 Å². The van der Waals surface area contributed by atoms with Crippen molar-refractivity contribution in [3.63, 3.8) is 0 Å². The maximum Gasteiger partial charge on any atom is -0.172 e. The molecule has 1 aliphatic rings. The minimum Gasteiger partial charge on any atom is -0.214 e. The first-order valence-electron chi connectivity index (χ1n) is 10.7. The van der Waals surface area contributed by atoms with E-state index in [0.717, 1.165) is 6.42 Å². The molecule has 0 atom stereocenters. The molecule has 0 unspecified atom stereocenters. The Morgan fingerprint density at radius 1 is 0.812 bits per heavy atom. The van der Waals surface area contributed by atoms with Gasteiger partial charge in [0, 0.05) is 0 Å². The van der Waals surface area contributed by atoms with Gasteiger partial charge in [0.15, 0.2) is 0 Å². The fourth-order valence-corrected chi connectivity index (χ4v) is 4.34. The summed E-state index contributed by atoms with van der Waals surface area (Å²) in [6.07, 6.45) is 1.03. The summed E-state index contributed by atoms with van der Waals surface area (Å²) in [4.78, 5) is 0. The predicted molar refractivity (Wildman–Crippen MR) is 131 cm³/mol. The zero-order valence-electron chi connectivity index (χ0n) is 20.8. The van der Waals surface area contributed by atoms with Crippen molar-refractivity contribution in [3.8, 4) is 11.1 Å². The monoisotopic (exact) mass is 560 g/mol. The fourth-order valence-electron chi connectivity index (χ4n) is 4.34. The van der Waals surface area contributed by atoms with Crippen molar-refractivity contribution in [2.45, 2.75) is 72.6 Å². The summed E-state index contributed by atoms with van der Waals surface area (Å²) in [6, 6.07) is 20.9. The van der Waals surface area contributed by atoms with Crippen LogP contribution in [0.3, 0.4) is 0 Å². The number of rotatable bonds is 0. The molecule has 0 heterocycles. The van der Waals surface area contributed by atoms with Gasteiger partial charge in [-0.25, -0.2) is 12.1 Å². The molecule has 0 spiro atoms. The van der Waals surface area contributed by atoms with Gasteiger partial charge in [0.25, 0.3) is 0 Å². The second-order valence-corrected chi connectivity index (χ2v) is 10.2. The number of hydrogen-bond donors (Lipinski definition) is 0. The molecule has 0 radical (unpaired) electrons. The van der Waals surface area contributed by atoms with Gasteiger partial charge in [0.05, 0.1) is 0 Å². The molecule has 4 heteroatoms. The summed E-state index contributed by atoms with van der Waals surface area (Å²) in [5, 5.41) is 0. The minimum atomic E-state index is 0. The zero-order valence-corrected chi connectivity index (χ0v) is 26.2. The number of fused-ring (bicyclic) bond motifs is 3. The van der Waals surface area contributed by atoms with Crippen molar-refractivity contribution < 1.29 is 48.1 Å². The largest absolute Gasteiger partial charge is 0.214 e. The van der Waals surface area contributed by atoms with Crippen LogP contribution in [0.2, 0.25) is 0 Å². The third-order valence-electron chi connectivity index (χ3n) is 5.64. The Balaban J connectivity index is 0.000000929. The van der Waals surface area contributed by atoms with Crippen LogP contribution in [0.25, 0.3) is 11.1 Å². The Labute approximate surface area is 225 Å². The molecule has 0 saturated heterocycles. The van der Waals surface area contributed by atoms with E-state index in [4.69, 9.17) is 0 Å². The summed E-state index contributed by atoms with van der Waals surface area (Å²) < 4.78 is 0. The van der Waals surface area contributed by atoms with Crippen molar-refractivity contribution in [1.82, 2.24) is 0 Å². The van der Waals surface area contributed by atoms with Crippen LogP contribution in [-0.4, -0.2) is 6.88 Å². The molecule has 4 rings (SSSR count). The third kappa shape index (κ3) is 7.49. The average molecular weight is 563 g/mol. The fraction of sp³-hybridized carbons (Fsp3) is 0.393. The molecule has 0 N–H and O–H groups in total. The Kier molecular flexibility index (Phi) is 12.6. The van der Waals surface area contributed by atoms with Gasteiger partial charge < -0.3 is 24.8 Å². The Bertz CT molecular complexity index is 909. The maximum atomic E-state index is 3.69. The number of benzene rings is 2. The van der Waals surface area contributed by atoms with E-state index in [9.17, 15) is 0 Å². The minimum absolute atomic E-state index is 0. The number of halogens is 2. The molecule has 3 aromatic carbocycles. The zero-order chi connectivity index (χ0) is 22.7. The van der Waals surface area contributed by atoms with E-state index in [0.29, 0.717) is 0 Å². The normalized spacial score (nSPS) is 11.4. The molecular formula is C28H36Cl2SiZr-2. The second kappa shape index (κ2) is 12.8. The van der Waals surface area contributed by atoms with E-state index in [-0.39, 0.29) is 35.6 Å². The molecular weight excluding hydrogens is 527 g/mol. The molecule has 32 heavy (non-hydrogen) atoms. The molecule has 1 aliphatic carbocycles. The number of hydrogen-bond acceptors (Lipinski definition) is 0. The van der Waals surface area contributed by atoms with Crippen LogP contribution < -0.4 is 24.8 Å².